The summed E-state index contributed by atoms with van der Waals surface area (Å²) in [6, 6.07) is 9.69. The number of likely N-dealkylation sites (N-methyl/N-ethyl adjacent to an activating group) is 1. The van der Waals surface area contributed by atoms with Crippen molar-refractivity contribution in [3.63, 3.8) is 0 Å². The molecule has 6 heteroatoms. The molecule has 1 aromatic heterocycles. The van der Waals surface area contributed by atoms with Crippen molar-refractivity contribution >= 4 is 15.7 Å². The summed E-state index contributed by atoms with van der Waals surface area (Å²) in [6.07, 6.45) is 1.34. The van der Waals surface area contributed by atoms with Gasteiger partial charge in [0.25, 0.3) is 5.91 Å². The Balaban J connectivity index is 2.27. The van der Waals surface area contributed by atoms with E-state index in [1.165, 1.54) is 24.5 Å². The molecule has 0 fully saturated rings. The lowest BCUT2D eigenvalue weighted by atomic mass is 10.2. The van der Waals surface area contributed by atoms with E-state index in [9.17, 15) is 13.2 Å². The van der Waals surface area contributed by atoms with Crippen molar-refractivity contribution in [1.82, 2.24) is 4.90 Å². The highest BCUT2D eigenvalue weighted by Gasteiger charge is 2.25. The number of benzene rings is 1. The van der Waals surface area contributed by atoms with Crippen molar-refractivity contribution in [2.45, 2.75) is 24.5 Å². The molecule has 0 aliphatic rings. The van der Waals surface area contributed by atoms with Crippen LogP contribution >= 0.6 is 0 Å². The van der Waals surface area contributed by atoms with Crippen molar-refractivity contribution in [1.29, 1.82) is 0 Å². The topological polar surface area (TPSA) is 67.6 Å². The first-order valence-electron chi connectivity index (χ1n) is 7.63. The molecule has 0 aliphatic heterocycles. The lowest BCUT2D eigenvalue weighted by Gasteiger charge is -2.20. The fourth-order valence-electron chi connectivity index (χ4n) is 2.35. The molecule has 2 aromatic rings. The van der Waals surface area contributed by atoms with Gasteiger partial charge in [-0.2, -0.15) is 0 Å². The maximum Gasteiger partial charge on any atom is 0.290 e. The van der Waals surface area contributed by atoms with E-state index in [0.29, 0.717) is 18.7 Å². The third-order valence-electron chi connectivity index (χ3n) is 3.52. The van der Waals surface area contributed by atoms with Gasteiger partial charge >= 0.3 is 0 Å². The molecule has 0 spiro atoms. The summed E-state index contributed by atoms with van der Waals surface area (Å²) in [7, 11) is -3.54. The van der Waals surface area contributed by atoms with Gasteiger partial charge in [-0.15, -0.1) is 0 Å². The van der Waals surface area contributed by atoms with Crippen molar-refractivity contribution in [2.75, 3.05) is 13.1 Å². The SMILES string of the molecule is C=C(C)CN(CC)C(=O)c1occc1CS(=O)(=O)c1ccccc1. The zero-order valence-electron chi connectivity index (χ0n) is 13.9. The van der Waals surface area contributed by atoms with Gasteiger partial charge in [-0.05, 0) is 32.0 Å². The van der Waals surface area contributed by atoms with Gasteiger partial charge in [0, 0.05) is 18.7 Å². The molecule has 0 bridgehead atoms. The molecule has 0 N–H and O–H groups in total. The molecule has 128 valence electrons. The van der Waals surface area contributed by atoms with Crippen LogP contribution in [0.4, 0.5) is 0 Å². The standard InChI is InChI=1S/C18H21NO4S/c1-4-19(12-14(2)3)18(20)17-15(10-11-23-17)13-24(21,22)16-8-6-5-7-9-16/h5-11H,2,4,12-13H2,1,3H3. The fourth-order valence-corrected chi connectivity index (χ4v) is 3.72. The third kappa shape index (κ3) is 4.14. The zero-order valence-corrected chi connectivity index (χ0v) is 14.7. The second-order valence-electron chi connectivity index (χ2n) is 5.62. The smallest absolute Gasteiger partial charge is 0.290 e. The summed E-state index contributed by atoms with van der Waals surface area (Å²) in [5.74, 6) is -0.541. The van der Waals surface area contributed by atoms with E-state index in [0.717, 1.165) is 5.57 Å². The molecule has 2 rings (SSSR count). The Bertz CT molecular complexity index is 822. The maximum atomic E-state index is 12.6. The average Bonchev–Trinajstić information content (AvgIpc) is 3.00. The summed E-state index contributed by atoms with van der Waals surface area (Å²) < 4.78 is 30.3. The van der Waals surface area contributed by atoms with Crippen LogP contribution in [0.25, 0.3) is 0 Å². The first-order chi connectivity index (χ1) is 11.3. The molecule has 0 radical (unpaired) electrons. The number of furan rings is 1. The highest BCUT2D eigenvalue weighted by atomic mass is 32.2. The number of nitrogens with zero attached hydrogens (tertiary/aromatic N) is 1. The largest absolute Gasteiger partial charge is 0.459 e. The van der Waals surface area contributed by atoms with Gasteiger partial charge in [-0.1, -0.05) is 30.4 Å². The second-order valence-corrected chi connectivity index (χ2v) is 7.61. The molecule has 5 nitrogen and oxygen atoms in total. The van der Waals surface area contributed by atoms with E-state index < -0.39 is 9.84 Å². The van der Waals surface area contributed by atoms with Crippen LogP contribution < -0.4 is 0 Å². The van der Waals surface area contributed by atoms with E-state index in [2.05, 4.69) is 6.58 Å². The maximum absolute atomic E-state index is 12.6. The minimum Gasteiger partial charge on any atom is -0.459 e. The molecule has 0 aliphatic carbocycles. The first kappa shape index (κ1) is 18.0. The van der Waals surface area contributed by atoms with E-state index in [1.807, 2.05) is 13.8 Å². The van der Waals surface area contributed by atoms with Crippen molar-refractivity contribution in [3.8, 4) is 0 Å². The number of carbonyl (C=O) groups is 1. The molecule has 1 aromatic carbocycles. The molecular formula is C18H21NO4S. The van der Waals surface area contributed by atoms with E-state index in [-0.39, 0.29) is 22.3 Å². The predicted octanol–water partition coefficient (Wildman–Crippen LogP) is 3.29. The van der Waals surface area contributed by atoms with Gasteiger partial charge in [-0.25, -0.2) is 8.42 Å². The number of hydrogen-bond acceptors (Lipinski definition) is 4. The molecule has 0 saturated heterocycles. The summed E-state index contributed by atoms with van der Waals surface area (Å²) in [4.78, 5) is 14.4. The van der Waals surface area contributed by atoms with Crippen LogP contribution in [0, 0.1) is 0 Å². The molecule has 0 saturated carbocycles. The first-order valence-corrected chi connectivity index (χ1v) is 9.28. The summed E-state index contributed by atoms with van der Waals surface area (Å²) in [6.45, 7) is 8.38. The summed E-state index contributed by atoms with van der Waals surface area (Å²) in [5, 5.41) is 0. The number of amides is 1. The van der Waals surface area contributed by atoms with Crippen LogP contribution in [0.1, 0.15) is 30.0 Å². The number of rotatable bonds is 7. The Hall–Kier alpha value is -2.34. The number of carbonyl (C=O) groups excluding carboxylic acids is 1. The summed E-state index contributed by atoms with van der Waals surface area (Å²) in [5.41, 5.74) is 1.21. The predicted molar refractivity (Wildman–Crippen MR) is 92.4 cm³/mol. The Morgan fingerprint density at radius 2 is 1.88 bits per heavy atom. The van der Waals surface area contributed by atoms with Crippen LogP contribution in [-0.2, 0) is 15.6 Å². The van der Waals surface area contributed by atoms with Crippen molar-refractivity contribution < 1.29 is 17.6 Å². The molecule has 1 amide bonds. The molecular weight excluding hydrogens is 326 g/mol. The Morgan fingerprint density at radius 3 is 2.46 bits per heavy atom. The normalized spacial score (nSPS) is 11.2. The highest BCUT2D eigenvalue weighted by molar-refractivity contribution is 7.90. The van der Waals surface area contributed by atoms with Gasteiger partial charge in [-0.3, -0.25) is 4.79 Å². The third-order valence-corrected chi connectivity index (χ3v) is 5.20. The minimum absolute atomic E-state index is 0.0672. The molecule has 0 unspecified atom stereocenters. The Morgan fingerprint density at radius 1 is 1.21 bits per heavy atom. The lowest BCUT2D eigenvalue weighted by Crippen LogP contribution is -2.32. The number of hydrogen-bond donors (Lipinski definition) is 0. The highest BCUT2D eigenvalue weighted by Crippen LogP contribution is 2.21. The number of sulfone groups is 1. The van der Waals surface area contributed by atoms with Crippen LogP contribution in [0.3, 0.4) is 0 Å². The summed E-state index contributed by atoms with van der Waals surface area (Å²) >= 11 is 0. The lowest BCUT2D eigenvalue weighted by molar-refractivity contribution is 0.0745. The average molecular weight is 347 g/mol. The van der Waals surface area contributed by atoms with Gasteiger partial charge in [0.15, 0.2) is 15.6 Å². The van der Waals surface area contributed by atoms with Crippen molar-refractivity contribution in [2.24, 2.45) is 0 Å². The van der Waals surface area contributed by atoms with Gasteiger partial charge in [0.05, 0.1) is 16.9 Å². The van der Waals surface area contributed by atoms with Crippen LogP contribution in [0.15, 0.2) is 64.1 Å². The van der Waals surface area contributed by atoms with Gasteiger partial charge < -0.3 is 9.32 Å². The van der Waals surface area contributed by atoms with Crippen LogP contribution in [0.2, 0.25) is 0 Å². The van der Waals surface area contributed by atoms with E-state index in [4.69, 9.17) is 4.42 Å². The quantitative estimate of drug-likeness (QED) is 0.721. The fraction of sp³-hybridized carbons (Fsp3) is 0.278. The van der Waals surface area contributed by atoms with Gasteiger partial charge in [0.2, 0.25) is 0 Å². The monoisotopic (exact) mass is 347 g/mol. The minimum atomic E-state index is -3.54. The molecule has 24 heavy (non-hydrogen) atoms. The van der Waals surface area contributed by atoms with Gasteiger partial charge in [0.1, 0.15) is 0 Å². The Kier molecular flexibility index (Phi) is 5.62. The van der Waals surface area contributed by atoms with E-state index in [1.54, 1.807) is 23.1 Å². The molecule has 0 atom stereocenters. The molecule has 1 heterocycles. The van der Waals surface area contributed by atoms with Crippen molar-refractivity contribution in [3.05, 3.63) is 66.1 Å². The Labute approximate surface area is 142 Å². The van der Waals surface area contributed by atoms with E-state index >= 15 is 0 Å². The van der Waals surface area contributed by atoms with Crippen LogP contribution in [0.5, 0.6) is 0 Å². The zero-order chi connectivity index (χ0) is 17.7. The second kappa shape index (κ2) is 7.49. The van der Waals surface area contributed by atoms with Crippen LogP contribution in [-0.4, -0.2) is 32.3 Å².